The summed E-state index contributed by atoms with van der Waals surface area (Å²) in [6.45, 7) is 4.11. The number of aromatic carboxylic acids is 1. The van der Waals surface area contributed by atoms with Gasteiger partial charge in [-0.2, -0.15) is 0 Å². The van der Waals surface area contributed by atoms with Crippen molar-refractivity contribution in [3.8, 4) is 0 Å². The summed E-state index contributed by atoms with van der Waals surface area (Å²) in [5.74, 6) is 0.466. The number of carboxylic acids is 1. The SMILES string of the molecule is CC/C(=C\c1ccccc1)[C@@H]1C[C@H]1NCC1CC(NCc2ccc(C(=O)O)nc2)C1. The Bertz CT molecular complexity index is 873. The monoisotopic (exact) mass is 405 g/mol. The summed E-state index contributed by atoms with van der Waals surface area (Å²) in [5, 5.41) is 16.2. The fraction of sp³-hybridized carbons (Fsp3) is 0.440. The maximum Gasteiger partial charge on any atom is 0.354 e. The van der Waals surface area contributed by atoms with Gasteiger partial charge in [-0.3, -0.25) is 0 Å². The first kappa shape index (κ1) is 20.8. The third kappa shape index (κ3) is 5.35. The Labute approximate surface area is 178 Å². The van der Waals surface area contributed by atoms with Crippen LogP contribution in [0.15, 0.2) is 54.2 Å². The zero-order valence-corrected chi connectivity index (χ0v) is 17.6. The van der Waals surface area contributed by atoms with Gasteiger partial charge < -0.3 is 15.7 Å². The molecule has 2 saturated carbocycles. The van der Waals surface area contributed by atoms with Gasteiger partial charge in [-0.15, -0.1) is 0 Å². The van der Waals surface area contributed by atoms with Gasteiger partial charge in [-0.1, -0.05) is 55.0 Å². The van der Waals surface area contributed by atoms with Crippen LogP contribution in [0.1, 0.15) is 54.2 Å². The van der Waals surface area contributed by atoms with Crippen LogP contribution in [-0.2, 0) is 6.54 Å². The third-order valence-electron chi connectivity index (χ3n) is 6.37. The Hall–Kier alpha value is -2.50. The lowest BCUT2D eigenvalue weighted by Gasteiger charge is -2.36. The molecule has 2 aliphatic carbocycles. The van der Waals surface area contributed by atoms with E-state index in [0.717, 1.165) is 31.0 Å². The van der Waals surface area contributed by atoms with Crippen LogP contribution in [0.5, 0.6) is 0 Å². The molecule has 1 aromatic carbocycles. The molecule has 1 heterocycles. The van der Waals surface area contributed by atoms with Crippen molar-refractivity contribution in [2.45, 2.75) is 51.2 Å². The van der Waals surface area contributed by atoms with E-state index in [1.807, 2.05) is 6.07 Å². The van der Waals surface area contributed by atoms with Crippen molar-refractivity contribution in [1.29, 1.82) is 0 Å². The van der Waals surface area contributed by atoms with Gasteiger partial charge in [0.1, 0.15) is 5.69 Å². The molecule has 0 aliphatic heterocycles. The van der Waals surface area contributed by atoms with E-state index in [2.05, 4.69) is 58.9 Å². The Kier molecular flexibility index (Phi) is 6.60. The lowest BCUT2D eigenvalue weighted by atomic mass is 9.80. The number of nitrogens with one attached hydrogen (secondary N) is 2. The number of aromatic nitrogens is 1. The summed E-state index contributed by atoms with van der Waals surface area (Å²) >= 11 is 0. The zero-order chi connectivity index (χ0) is 20.9. The summed E-state index contributed by atoms with van der Waals surface area (Å²) in [4.78, 5) is 14.8. The van der Waals surface area contributed by atoms with E-state index in [9.17, 15) is 4.79 Å². The summed E-state index contributed by atoms with van der Waals surface area (Å²) in [5.41, 5.74) is 3.99. The quantitative estimate of drug-likeness (QED) is 0.554. The first-order valence-electron chi connectivity index (χ1n) is 11.0. The van der Waals surface area contributed by atoms with Gasteiger partial charge in [0.15, 0.2) is 0 Å². The molecule has 0 saturated heterocycles. The predicted molar refractivity (Wildman–Crippen MR) is 119 cm³/mol. The molecule has 0 spiro atoms. The minimum absolute atomic E-state index is 0.0942. The molecule has 4 rings (SSSR count). The summed E-state index contributed by atoms with van der Waals surface area (Å²) in [6.07, 6.45) is 8.80. The molecular formula is C25H31N3O2. The van der Waals surface area contributed by atoms with Crippen molar-refractivity contribution in [3.05, 3.63) is 71.1 Å². The van der Waals surface area contributed by atoms with Crippen molar-refractivity contribution in [2.24, 2.45) is 11.8 Å². The van der Waals surface area contributed by atoms with E-state index in [-0.39, 0.29) is 5.69 Å². The number of hydrogen-bond acceptors (Lipinski definition) is 4. The molecule has 0 amide bonds. The Morgan fingerprint density at radius 1 is 1.13 bits per heavy atom. The highest BCUT2D eigenvalue weighted by Crippen LogP contribution is 2.40. The fourth-order valence-corrected chi connectivity index (χ4v) is 4.37. The number of hydrogen-bond donors (Lipinski definition) is 3. The number of carboxylic acid groups (broad SMARTS) is 1. The van der Waals surface area contributed by atoms with Gasteiger partial charge in [0.05, 0.1) is 0 Å². The first-order valence-corrected chi connectivity index (χ1v) is 11.0. The van der Waals surface area contributed by atoms with Crippen LogP contribution in [0.2, 0.25) is 0 Å². The first-order chi connectivity index (χ1) is 14.6. The van der Waals surface area contributed by atoms with E-state index in [1.165, 1.54) is 24.8 Å². The number of benzene rings is 1. The van der Waals surface area contributed by atoms with E-state index >= 15 is 0 Å². The van der Waals surface area contributed by atoms with Crippen molar-refractivity contribution in [1.82, 2.24) is 15.6 Å². The molecule has 0 bridgehead atoms. The maximum atomic E-state index is 10.9. The van der Waals surface area contributed by atoms with Crippen LogP contribution in [0.3, 0.4) is 0 Å². The Morgan fingerprint density at radius 2 is 1.93 bits per heavy atom. The fourth-order valence-electron chi connectivity index (χ4n) is 4.37. The molecule has 2 atom stereocenters. The average molecular weight is 406 g/mol. The molecular weight excluding hydrogens is 374 g/mol. The minimum Gasteiger partial charge on any atom is -0.477 e. The van der Waals surface area contributed by atoms with E-state index < -0.39 is 5.97 Å². The highest BCUT2D eigenvalue weighted by Gasteiger charge is 2.39. The summed E-state index contributed by atoms with van der Waals surface area (Å²) in [7, 11) is 0. The van der Waals surface area contributed by atoms with Crippen molar-refractivity contribution in [2.75, 3.05) is 6.54 Å². The highest BCUT2D eigenvalue weighted by atomic mass is 16.4. The van der Waals surface area contributed by atoms with Crippen molar-refractivity contribution < 1.29 is 9.90 Å². The molecule has 158 valence electrons. The molecule has 1 aromatic heterocycles. The van der Waals surface area contributed by atoms with Crippen LogP contribution in [0.4, 0.5) is 0 Å². The molecule has 2 fully saturated rings. The second-order valence-electron chi connectivity index (χ2n) is 8.61. The number of rotatable bonds is 10. The van der Waals surface area contributed by atoms with Gasteiger partial charge in [0.2, 0.25) is 0 Å². The molecule has 0 unspecified atom stereocenters. The van der Waals surface area contributed by atoms with Gasteiger partial charge in [0, 0.05) is 24.8 Å². The number of carbonyl (C=O) groups is 1. The van der Waals surface area contributed by atoms with E-state index in [1.54, 1.807) is 17.8 Å². The lowest BCUT2D eigenvalue weighted by molar-refractivity contribution is 0.0690. The molecule has 5 nitrogen and oxygen atoms in total. The van der Waals surface area contributed by atoms with Crippen molar-refractivity contribution in [3.63, 3.8) is 0 Å². The van der Waals surface area contributed by atoms with Crippen LogP contribution in [0, 0.1) is 11.8 Å². The summed E-state index contributed by atoms with van der Waals surface area (Å²) in [6, 6.07) is 15.2. The molecule has 2 aliphatic rings. The second-order valence-corrected chi connectivity index (χ2v) is 8.61. The number of pyridine rings is 1. The largest absolute Gasteiger partial charge is 0.477 e. The van der Waals surface area contributed by atoms with Gasteiger partial charge in [-0.25, -0.2) is 9.78 Å². The molecule has 2 aromatic rings. The minimum atomic E-state index is -0.983. The third-order valence-corrected chi connectivity index (χ3v) is 6.37. The second kappa shape index (κ2) is 9.54. The van der Waals surface area contributed by atoms with Gasteiger partial charge >= 0.3 is 5.97 Å². The van der Waals surface area contributed by atoms with Gasteiger partial charge in [-0.05, 0) is 61.3 Å². The Morgan fingerprint density at radius 3 is 2.60 bits per heavy atom. The van der Waals surface area contributed by atoms with Crippen LogP contribution in [-0.4, -0.2) is 34.7 Å². The lowest BCUT2D eigenvalue weighted by Crippen LogP contribution is -2.44. The molecule has 0 radical (unpaired) electrons. The molecule has 30 heavy (non-hydrogen) atoms. The van der Waals surface area contributed by atoms with Crippen LogP contribution >= 0.6 is 0 Å². The number of nitrogens with zero attached hydrogens (tertiary/aromatic N) is 1. The smallest absolute Gasteiger partial charge is 0.354 e. The predicted octanol–water partition coefficient (Wildman–Crippen LogP) is 4.12. The van der Waals surface area contributed by atoms with Gasteiger partial charge in [0.25, 0.3) is 0 Å². The summed E-state index contributed by atoms with van der Waals surface area (Å²) < 4.78 is 0. The molecule has 3 N–H and O–H groups in total. The van der Waals surface area contributed by atoms with E-state index in [4.69, 9.17) is 5.11 Å². The van der Waals surface area contributed by atoms with Crippen LogP contribution < -0.4 is 10.6 Å². The maximum absolute atomic E-state index is 10.9. The normalized spacial score (nSPS) is 25.6. The van der Waals surface area contributed by atoms with Crippen molar-refractivity contribution >= 4 is 12.0 Å². The van der Waals surface area contributed by atoms with E-state index in [0.29, 0.717) is 18.0 Å². The standard InChI is InChI=1S/C25H31N3O2/c1-2-20(10-17-6-4-3-5-7-17)22-13-24(22)28-16-19-11-21(12-19)26-14-18-8-9-23(25(29)30)27-15-18/h3-10,15,19,21-22,24,26,28H,2,11-14,16H2,1H3,(H,29,30)/b20-10+/t19?,21?,22-,24+/m0/s1. The highest BCUT2D eigenvalue weighted by molar-refractivity contribution is 5.85. The topological polar surface area (TPSA) is 74.2 Å². The Balaban J connectivity index is 1.14. The molecule has 5 heteroatoms. The average Bonchev–Trinajstić information content (AvgIpc) is 3.51. The zero-order valence-electron chi connectivity index (χ0n) is 17.6. The van der Waals surface area contributed by atoms with Crippen LogP contribution in [0.25, 0.3) is 6.08 Å².